The van der Waals surface area contributed by atoms with Crippen molar-refractivity contribution in [3.8, 4) is 11.3 Å². The molecule has 5 nitrogen and oxygen atoms in total. The lowest BCUT2D eigenvalue weighted by atomic mass is 10.1. The minimum Gasteiger partial charge on any atom is -0.329 e. The summed E-state index contributed by atoms with van der Waals surface area (Å²) in [6.07, 6.45) is 3.38. The van der Waals surface area contributed by atoms with Gasteiger partial charge in [0.05, 0.1) is 30.1 Å². The molecule has 0 unspecified atom stereocenters. The van der Waals surface area contributed by atoms with Crippen LogP contribution in [0.25, 0.3) is 22.3 Å². The molecule has 0 fully saturated rings. The van der Waals surface area contributed by atoms with E-state index in [2.05, 4.69) is 15.3 Å². The molecule has 4 aromatic rings. The van der Waals surface area contributed by atoms with E-state index in [4.69, 9.17) is 0 Å². The molecule has 0 N–H and O–H groups in total. The highest BCUT2D eigenvalue weighted by atomic mass is 19.1. The van der Waals surface area contributed by atoms with E-state index in [1.54, 1.807) is 17.2 Å². The summed E-state index contributed by atoms with van der Waals surface area (Å²) >= 11 is 0. The predicted molar refractivity (Wildman–Crippen MR) is 85.1 cm³/mol. The summed E-state index contributed by atoms with van der Waals surface area (Å²) in [6.45, 7) is 1.19. The molecule has 2 aromatic heterocycles. The van der Waals surface area contributed by atoms with Crippen molar-refractivity contribution in [2.24, 2.45) is 0 Å². The van der Waals surface area contributed by atoms with Crippen molar-refractivity contribution >= 4 is 11.0 Å². The summed E-state index contributed by atoms with van der Waals surface area (Å²) in [5.74, 6) is -1.03. The van der Waals surface area contributed by atoms with Crippen LogP contribution < -0.4 is 0 Å². The first kappa shape index (κ1) is 14.5. The van der Waals surface area contributed by atoms with Gasteiger partial charge in [-0.15, -0.1) is 5.10 Å². The molecule has 0 saturated carbocycles. The summed E-state index contributed by atoms with van der Waals surface area (Å²) in [6, 6.07) is 11.1. The maximum atomic E-state index is 13.8. The number of para-hydroxylation sites is 2. The maximum Gasteiger partial charge on any atom is 0.132 e. The Kier molecular flexibility index (Phi) is 3.53. The van der Waals surface area contributed by atoms with Crippen LogP contribution in [0.15, 0.2) is 55.0 Å². The molecule has 0 spiro atoms. The Morgan fingerprint density at radius 2 is 1.88 bits per heavy atom. The van der Waals surface area contributed by atoms with E-state index in [1.165, 1.54) is 0 Å². The van der Waals surface area contributed by atoms with Crippen LogP contribution in [-0.2, 0) is 13.1 Å². The van der Waals surface area contributed by atoms with Gasteiger partial charge >= 0.3 is 0 Å². The van der Waals surface area contributed by atoms with E-state index in [9.17, 15) is 8.78 Å². The highest BCUT2D eigenvalue weighted by Crippen LogP contribution is 2.21. The molecule has 0 aliphatic heterocycles. The third kappa shape index (κ3) is 2.64. The molecule has 0 aliphatic carbocycles. The second-order valence-electron chi connectivity index (χ2n) is 5.42. The van der Waals surface area contributed by atoms with Crippen molar-refractivity contribution in [3.05, 3.63) is 66.6 Å². The number of imidazole rings is 1. The van der Waals surface area contributed by atoms with Gasteiger partial charge in [0, 0.05) is 12.1 Å². The van der Waals surface area contributed by atoms with Gasteiger partial charge in [-0.3, -0.25) is 4.68 Å². The molecule has 0 atom stereocenters. The highest BCUT2D eigenvalue weighted by Gasteiger charge is 2.11. The van der Waals surface area contributed by atoms with Crippen LogP contribution in [0.1, 0.15) is 0 Å². The number of hydrogen-bond donors (Lipinski definition) is 0. The van der Waals surface area contributed by atoms with Crippen molar-refractivity contribution in [1.82, 2.24) is 24.5 Å². The molecule has 4 rings (SSSR count). The van der Waals surface area contributed by atoms with Crippen molar-refractivity contribution in [1.29, 1.82) is 0 Å². The number of aromatic nitrogens is 5. The molecule has 24 heavy (non-hydrogen) atoms. The molecule has 0 radical (unpaired) electrons. The summed E-state index contributed by atoms with van der Waals surface area (Å²) in [5.41, 5.74) is 2.38. The largest absolute Gasteiger partial charge is 0.329 e. The van der Waals surface area contributed by atoms with Gasteiger partial charge in [-0.05, 0) is 30.3 Å². The number of hydrogen-bond acceptors (Lipinski definition) is 3. The molecule has 2 aromatic carbocycles. The third-order valence-corrected chi connectivity index (χ3v) is 3.84. The fourth-order valence-electron chi connectivity index (χ4n) is 2.62. The molecule has 2 heterocycles. The van der Waals surface area contributed by atoms with E-state index in [0.29, 0.717) is 18.8 Å². The standard InChI is InChI=1S/C17H13F2N5/c18-12-5-6-14(19)13(9-12)16-10-24(22-21-16)8-7-23-11-20-15-3-1-2-4-17(15)23/h1-6,9-11H,7-8H2. The van der Waals surface area contributed by atoms with Crippen LogP contribution in [0.2, 0.25) is 0 Å². The van der Waals surface area contributed by atoms with Crippen molar-refractivity contribution < 1.29 is 8.78 Å². The molecule has 0 saturated heterocycles. The molecule has 0 bridgehead atoms. The second-order valence-corrected chi connectivity index (χ2v) is 5.42. The fourth-order valence-corrected chi connectivity index (χ4v) is 2.62. The minimum absolute atomic E-state index is 0.106. The lowest BCUT2D eigenvalue weighted by Crippen LogP contribution is -2.07. The van der Waals surface area contributed by atoms with Crippen LogP contribution in [0.4, 0.5) is 8.78 Å². The van der Waals surface area contributed by atoms with E-state index in [1.807, 2.05) is 28.8 Å². The highest BCUT2D eigenvalue weighted by molar-refractivity contribution is 5.74. The topological polar surface area (TPSA) is 48.5 Å². The van der Waals surface area contributed by atoms with Crippen LogP contribution >= 0.6 is 0 Å². The average molecular weight is 325 g/mol. The number of rotatable bonds is 4. The summed E-state index contributed by atoms with van der Waals surface area (Å²) < 4.78 is 30.7. The zero-order chi connectivity index (χ0) is 16.5. The Hall–Kier alpha value is -3.09. The first-order valence-corrected chi connectivity index (χ1v) is 7.46. The van der Waals surface area contributed by atoms with Gasteiger partial charge < -0.3 is 4.57 Å². The van der Waals surface area contributed by atoms with E-state index in [0.717, 1.165) is 29.2 Å². The Morgan fingerprint density at radius 3 is 2.79 bits per heavy atom. The van der Waals surface area contributed by atoms with Gasteiger partial charge in [0.1, 0.15) is 17.3 Å². The molecule has 120 valence electrons. The zero-order valence-corrected chi connectivity index (χ0v) is 12.6. The normalized spacial score (nSPS) is 11.2. The molecular weight excluding hydrogens is 312 g/mol. The lowest BCUT2D eigenvalue weighted by molar-refractivity contribution is 0.526. The Bertz CT molecular complexity index is 1010. The smallest absolute Gasteiger partial charge is 0.132 e. The van der Waals surface area contributed by atoms with Gasteiger partial charge in [-0.2, -0.15) is 0 Å². The maximum absolute atomic E-state index is 13.8. The number of aryl methyl sites for hydroxylation is 2. The summed E-state index contributed by atoms with van der Waals surface area (Å²) in [7, 11) is 0. The molecule has 0 aliphatic rings. The number of fused-ring (bicyclic) bond motifs is 1. The first-order valence-electron chi connectivity index (χ1n) is 7.46. The van der Waals surface area contributed by atoms with Gasteiger partial charge in [-0.25, -0.2) is 13.8 Å². The van der Waals surface area contributed by atoms with Crippen LogP contribution in [0, 0.1) is 11.6 Å². The molecule has 7 heteroatoms. The first-order chi connectivity index (χ1) is 11.7. The minimum atomic E-state index is -0.524. The van der Waals surface area contributed by atoms with E-state index >= 15 is 0 Å². The predicted octanol–water partition coefficient (Wildman–Crippen LogP) is 3.27. The molecule has 0 amide bonds. The van der Waals surface area contributed by atoms with Crippen molar-refractivity contribution in [3.63, 3.8) is 0 Å². The summed E-state index contributed by atoms with van der Waals surface area (Å²) in [4.78, 5) is 4.33. The van der Waals surface area contributed by atoms with Gasteiger partial charge in [0.15, 0.2) is 0 Å². The van der Waals surface area contributed by atoms with Crippen LogP contribution in [0.5, 0.6) is 0 Å². The fraction of sp³-hybridized carbons (Fsp3) is 0.118. The van der Waals surface area contributed by atoms with Crippen LogP contribution in [0.3, 0.4) is 0 Å². The SMILES string of the molecule is Fc1ccc(F)c(-c2cn(CCn3cnc4ccccc43)nn2)c1. The quantitative estimate of drug-likeness (QED) is 0.578. The van der Waals surface area contributed by atoms with Gasteiger partial charge in [0.2, 0.25) is 0 Å². The lowest BCUT2D eigenvalue weighted by Gasteiger charge is -2.03. The average Bonchev–Trinajstić information content (AvgIpc) is 3.22. The van der Waals surface area contributed by atoms with E-state index < -0.39 is 11.6 Å². The van der Waals surface area contributed by atoms with Gasteiger partial charge in [0.25, 0.3) is 0 Å². The Morgan fingerprint density at radius 1 is 1.00 bits per heavy atom. The van der Waals surface area contributed by atoms with E-state index in [-0.39, 0.29) is 5.56 Å². The van der Waals surface area contributed by atoms with Crippen molar-refractivity contribution in [2.45, 2.75) is 13.1 Å². The summed E-state index contributed by atoms with van der Waals surface area (Å²) in [5, 5.41) is 7.92. The van der Waals surface area contributed by atoms with Crippen LogP contribution in [-0.4, -0.2) is 24.5 Å². The third-order valence-electron chi connectivity index (χ3n) is 3.84. The van der Waals surface area contributed by atoms with Crippen molar-refractivity contribution in [2.75, 3.05) is 0 Å². The Labute approximate surface area is 136 Å². The Balaban J connectivity index is 1.54. The number of nitrogens with zero attached hydrogens (tertiary/aromatic N) is 5. The molecular formula is C17H13F2N5. The second kappa shape index (κ2) is 5.84. The van der Waals surface area contributed by atoms with Gasteiger partial charge in [-0.1, -0.05) is 17.3 Å². The number of benzene rings is 2. The zero-order valence-electron chi connectivity index (χ0n) is 12.6. The monoisotopic (exact) mass is 325 g/mol. The number of halogens is 2.